The molecule has 1 saturated heterocycles. The van der Waals surface area contributed by atoms with Crippen LogP contribution in [-0.4, -0.2) is 43.0 Å². The Hall–Kier alpha value is -2.54. The number of esters is 2. The smallest absolute Gasteiger partial charge is 0.303 e. The molecule has 2 heterocycles. The van der Waals surface area contributed by atoms with Gasteiger partial charge in [0, 0.05) is 31.7 Å². The van der Waals surface area contributed by atoms with Crippen LogP contribution in [0.2, 0.25) is 0 Å². The SMILES string of the molecule is CC(=O)O[C@@H]1C=C(C2NC3=CCCC4=C3C(CC=C4)N2)OC[C@H]1OC(C)=O. The molecule has 4 aliphatic rings. The molecule has 2 N–H and O–H groups in total. The van der Waals surface area contributed by atoms with Crippen molar-refractivity contribution >= 4 is 11.9 Å². The van der Waals surface area contributed by atoms with E-state index in [4.69, 9.17) is 14.2 Å². The van der Waals surface area contributed by atoms with Crippen LogP contribution in [0.5, 0.6) is 0 Å². The first-order chi connectivity index (χ1) is 13.0. The summed E-state index contributed by atoms with van der Waals surface area (Å²) >= 11 is 0. The number of nitrogens with one attached hydrogen (secondary N) is 2. The van der Waals surface area contributed by atoms with Crippen LogP contribution in [0.4, 0.5) is 0 Å². The van der Waals surface area contributed by atoms with Crippen molar-refractivity contribution < 1.29 is 23.8 Å². The van der Waals surface area contributed by atoms with Crippen molar-refractivity contribution in [1.82, 2.24) is 10.6 Å². The first kappa shape index (κ1) is 17.9. The molecule has 4 rings (SSSR count). The van der Waals surface area contributed by atoms with E-state index in [-0.39, 0.29) is 18.8 Å². The van der Waals surface area contributed by atoms with Gasteiger partial charge in [-0.3, -0.25) is 14.9 Å². The molecule has 0 saturated carbocycles. The molecule has 0 bridgehead atoms. The molecular weight excluding hydrogens is 348 g/mol. The Morgan fingerprint density at radius 3 is 2.81 bits per heavy atom. The lowest BCUT2D eigenvalue weighted by atomic mass is 9.83. The van der Waals surface area contributed by atoms with Gasteiger partial charge in [0.25, 0.3) is 0 Å². The van der Waals surface area contributed by atoms with Crippen LogP contribution >= 0.6 is 0 Å². The second kappa shape index (κ2) is 7.23. The number of hydrogen-bond donors (Lipinski definition) is 2. The molecule has 0 radical (unpaired) electrons. The second-order valence-electron chi connectivity index (χ2n) is 7.13. The Labute approximate surface area is 158 Å². The van der Waals surface area contributed by atoms with Crippen molar-refractivity contribution in [3.05, 3.63) is 46.9 Å². The topological polar surface area (TPSA) is 85.9 Å². The van der Waals surface area contributed by atoms with Gasteiger partial charge in [-0.2, -0.15) is 0 Å². The summed E-state index contributed by atoms with van der Waals surface area (Å²) in [6.45, 7) is 2.80. The minimum Gasteiger partial charge on any atom is -0.490 e. The standard InChI is InChI=1S/C20H24N2O5/c1-11(23)26-16-9-17(25-10-18(16)27-12(2)24)20-21-14-7-3-5-13-6-4-8-15(22-20)19(13)14/h3,5,8-9,14,16,18,20-22H,4,6-7,10H2,1-2H3/t14?,16-,18-,20?/m1/s1. The maximum atomic E-state index is 11.5. The van der Waals surface area contributed by atoms with Gasteiger partial charge in [0.1, 0.15) is 18.5 Å². The highest BCUT2D eigenvalue weighted by Gasteiger charge is 2.38. The fourth-order valence-corrected chi connectivity index (χ4v) is 4.06. The zero-order valence-corrected chi connectivity index (χ0v) is 15.5. The number of rotatable bonds is 3. The molecule has 0 aromatic carbocycles. The summed E-state index contributed by atoms with van der Waals surface area (Å²) in [5.41, 5.74) is 3.86. The number of carbonyl (C=O) groups excluding carboxylic acids is 2. The van der Waals surface area contributed by atoms with Crippen LogP contribution in [0.1, 0.15) is 33.1 Å². The minimum absolute atomic E-state index is 0.140. The van der Waals surface area contributed by atoms with E-state index in [2.05, 4.69) is 28.9 Å². The van der Waals surface area contributed by atoms with Crippen LogP contribution in [0.3, 0.4) is 0 Å². The lowest BCUT2D eigenvalue weighted by molar-refractivity contribution is -0.167. The Balaban J connectivity index is 1.56. The predicted molar refractivity (Wildman–Crippen MR) is 97.1 cm³/mol. The number of allylic oxidation sites excluding steroid dienone is 3. The first-order valence-electron chi connectivity index (χ1n) is 9.33. The van der Waals surface area contributed by atoms with Crippen molar-refractivity contribution in [2.24, 2.45) is 0 Å². The molecular formula is C20H24N2O5. The van der Waals surface area contributed by atoms with Crippen molar-refractivity contribution in [3.8, 4) is 0 Å². The van der Waals surface area contributed by atoms with E-state index in [1.54, 1.807) is 6.08 Å². The van der Waals surface area contributed by atoms with Gasteiger partial charge in [-0.25, -0.2) is 0 Å². The lowest BCUT2D eigenvalue weighted by Gasteiger charge is -2.42. The molecule has 7 nitrogen and oxygen atoms in total. The third kappa shape index (κ3) is 3.64. The second-order valence-corrected chi connectivity index (χ2v) is 7.13. The number of hydrogen-bond acceptors (Lipinski definition) is 7. The van der Waals surface area contributed by atoms with E-state index in [9.17, 15) is 9.59 Å². The summed E-state index contributed by atoms with van der Waals surface area (Å²) in [6.07, 6.45) is 9.83. The molecule has 2 aliphatic heterocycles. The molecule has 2 unspecified atom stereocenters. The van der Waals surface area contributed by atoms with E-state index >= 15 is 0 Å². The van der Waals surface area contributed by atoms with Crippen LogP contribution in [0.15, 0.2) is 46.9 Å². The van der Waals surface area contributed by atoms with Crippen molar-refractivity contribution in [3.63, 3.8) is 0 Å². The minimum atomic E-state index is -0.669. The molecule has 0 aromatic rings. The Kier molecular flexibility index (Phi) is 4.78. The van der Waals surface area contributed by atoms with Crippen molar-refractivity contribution in [2.75, 3.05) is 6.61 Å². The maximum absolute atomic E-state index is 11.5. The summed E-state index contributed by atoms with van der Waals surface area (Å²) < 4.78 is 16.5. The largest absolute Gasteiger partial charge is 0.490 e. The summed E-state index contributed by atoms with van der Waals surface area (Å²) in [5.74, 6) is -0.219. The van der Waals surface area contributed by atoms with Gasteiger partial charge in [0.2, 0.25) is 0 Å². The van der Waals surface area contributed by atoms with Gasteiger partial charge in [0.05, 0.1) is 0 Å². The summed E-state index contributed by atoms with van der Waals surface area (Å²) in [7, 11) is 0. The normalized spacial score (nSPS) is 31.6. The van der Waals surface area contributed by atoms with Gasteiger partial charge >= 0.3 is 11.9 Å². The molecule has 1 fully saturated rings. The molecule has 0 spiro atoms. The quantitative estimate of drug-likeness (QED) is 0.728. The van der Waals surface area contributed by atoms with Gasteiger partial charge < -0.3 is 19.5 Å². The zero-order chi connectivity index (χ0) is 19.0. The zero-order valence-electron chi connectivity index (χ0n) is 15.5. The van der Waals surface area contributed by atoms with E-state index in [1.807, 2.05) is 0 Å². The van der Waals surface area contributed by atoms with Crippen LogP contribution in [0.25, 0.3) is 0 Å². The molecule has 2 aliphatic carbocycles. The molecule has 0 amide bonds. The average Bonchev–Trinajstić information content (AvgIpc) is 2.63. The lowest BCUT2D eigenvalue weighted by Crippen LogP contribution is -2.57. The monoisotopic (exact) mass is 372 g/mol. The highest BCUT2D eigenvalue weighted by atomic mass is 16.6. The summed E-state index contributed by atoms with van der Waals surface area (Å²) in [5, 5.41) is 7.08. The third-order valence-corrected chi connectivity index (χ3v) is 5.12. The van der Waals surface area contributed by atoms with Gasteiger partial charge in [-0.1, -0.05) is 18.2 Å². The van der Waals surface area contributed by atoms with Gasteiger partial charge in [-0.15, -0.1) is 0 Å². The number of ether oxygens (including phenoxy) is 3. The highest BCUT2D eigenvalue weighted by molar-refractivity contribution is 5.67. The molecule has 27 heavy (non-hydrogen) atoms. The summed E-state index contributed by atoms with van der Waals surface area (Å²) in [4.78, 5) is 22.8. The highest BCUT2D eigenvalue weighted by Crippen LogP contribution is 2.35. The average molecular weight is 372 g/mol. The van der Waals surface area contributed by atoms with E-state index in [1.165, 1.54) is 25.0 Å². The molecule has 7 heteroatoms. The third-order valence-electron chi connectivity index (χ3n) is 5.12. The fraction of sp³-hybridized carbons (Fsp3) is 0.500. The Morgan fingerprint density at radius 2 is 2.04 bits per heavy atom. The Morgan fingerprint density at radius 1 is 1.22 bits per heavy atom. The van der Waals surface area contributed by atoms with E-state index in [0.29, 0.717) is 5.76 Å². The van der Waals surface area contributed by atoms with E-state index in [0.717, 1.165) is 25.0 Å². The first-order valence-corrected chi connectivity index (χ1v) is 9.33. The fourth-order valence-electron chi connectivity index (χ4n) is 4.06. The van der Waals surface area contributed by atoms with Gasteiger partial charge in [0.15, 0.2) is 12.2 Å². The molecule has 4 atom stereocenters. The van der Waals surface area contributed by atoms with Crippen LogP contribution in [0, 0.1) is 0 Å². The number of carbonyl (C=O) groups is 2. The van der Waals surface area contributed by atoms with Crippen molar-refractivity contribution in [1.29, 1.82) is 0 Å². The van der Waals surface area contributed by atoms with Gasteiger partial charge in [-0.05, 0) is 30.4 Å². The maximum Gasteiger partial charge on any atom is 0.303 e. The Bertz CT molecular complexity index is 779. The predicted octanol–water partition coefficient (Wildman–Crippen LogP) is 1.59. The van der Waals surface area contributed by atoms with Crippen LogP contribution in [-0.2, 0) is 23.8 Å². The molecule has 144 valence electrons. The molecule has 0 aromatic heterocycles. The van der Waals surface area contributed by atoms with Crippen LogP contribution < -0.4 is 10.6 Å². The van der Waals surface area contributed by atoms with E-state index < -0.39 is 24.1 Å². The summed E-state index contributed by atoms with van der Waals surface area (Å²) in [6, 6.07) is 0.227. The van der Waals surface area contributed by atoms with Crippen molar-refractivity contribution in [2.45, 2.75) is 57.5 Å².